The van der Waals surface area contributed by atoms with Crippen molar-refractivity contribution in [3.8, 4) is 5.75 Å². The van der Waals surface area contributed by atoms with Gasteiger partial charge in [-0.2, -0.15) is 0 Å². The van der Waals surface area contributed by atoms with Crippen molar-refractivity contribution in [2.24, 2.45) is 0 Å². The molecule has 0 saturated heterocycles. The predicted molar refractivity (Wildman–Crippen MR) is 62.9 cm³/mol. The highest BCUT2D eigenvalue weighted by Gasteiger charge is 2.08. The molecule has 0 bridgehead atoms. The van der Waals surface area contributed by atoms with Crippen molar-refractivity contribution in [2.75, 3.05) is 0 Å². The minimum atomic E-state index is -0.781. The summed E-state index contributed by atoms with van der Waals surface area (Å²) in [7, 11) is 0. The van der Waals surface area contributed by atoms with Gasteiger partial charge < -0.3 is 9.84 Å². The third-order valence-corrected chi connectivity index (χ3v) is 2.44. The molecule has 1 aromatic rings. The number of hydrogen-bond acceptors (Lipinski definition) is 2. The van der Waals surface area contributed by atoms with E-state index in [1.807, 2.05) is 39.0 Å². The first-order valence-corrected chi connectivity index (χ1v) is 5.44. The lowest BCUT2D eigenvalue weighted by Gasteiger charge is -2.16. The molecule has 0 amide bonds. The van der Waals surface area contributed by atoms with Crippen LogP contribution in [0.1, 0.15) is 30.9 Å². The van der Waals surface area contributed by atoms with E-state index in [-0.39, 0.29) is 12.5 Å². The van der Waals surface area contributed by atoms with E-state index >= 15 is 0 Å². The van der Waals surface area contributed by atoms with Gasteiger partial charge in [-0.05, 0) is 44.4 Å². The first kappa shape index (κ1) is 12.6. The number of ether oxygens (including phenoxy) is 1. The van der Waals surface area contributed by atoms with Crippen LogP contribution in [0.5, 0.6) is 5.75 Å². The Morgan fingerprint density at radius 1 is 1.44 bits per heavy atom. The minimum absolute atomic E-state index is 0.0726. The lowest BCUT2D eigenvalue weighted by molar-refractivity contribution is -0.137. The molecule has 1 atom stereocenters. The maximum atomic E-state index is 10.4. The summed E-state index contributed by atoms with van der Waals surface area (Å²) in [6.07, 6.45) is 0.603. The van der Waals surface area contributed by atoms with Crippen molar-refractivity contribution in [3.63, 3.8) is 0 Å². The van der Waals surface area contributed by atoms with Gasteiger partial charge >= 0.3 is 5.97 Å². The van der Waals surface area contributed by atoms with E-state index in [0.29, 0.717) is 6.42 Å². The molecule has 1 N–H and O–H groups in total. The molecule has 0 aliphatic carbocycles. The zero-order valence-electron chi connectivity index (χ0n) is 9.99. The summed E-state index contributed by atoms with van der Waals surface area (Å²) in [6, 6.07) is 6.02. The van der Waals surface area contributed by atoms with Gasteiger partial charge in [0.05, 0.1) is 6.10 Å². The van der Waals surface area contributed by atoms with Crippen molar-refractivity contribution in [2.45, 2.75) is 39.7 Å². The van der Waals surface area contributed by atoms with E-state index in [2.05, 4.69) is 0 Å². The van der Waals surface area contributed by atoms with Crippen molar-refractivity contribution >= 4 is 5.97 Å². The fourth-order valence-corrected chi connectivity index (χ4v) is 1.44. The standard InChI is InChI=1S/C13H18O3/c1-9-4-5-10(2)12(8-9)16-11(3)6-7-13(14)15/h4-5,8,11H,6-7H2,1-3H3,(H,14,15). The number of rotatable bonds is 5. The number of carbonyl (C=O) groups is 1. The lowest BCUT2D eigenvalue weighted by Crippen LogP contribution is -2.14. The highest BCUT2D eigenvalue weighted by molar-refractivity contribution is 5.66. The van der Waals surface area contributed by atoms with Crippen molar-refractivity contribution in [1.82, 2.24) is 0 Å². The Balaban J connectivity index is 2.58. The van der Waals surface area contributed by atoms with Gasteiger partial charge in [-0.3, -0.25) is 4.79 Å². The van der Waals surface area contributed by atoms with Crippen LogP contribution < -0.4 is 4.74 Å². The first-order valence-electron chi connectivity index (χ1n) is 5.44. The zero-order valence-corrected chi connectivity index (χ0v) is 9.99. The molecular weight excluding hydrogens is 204 g/mol. The molecule has 0 fully saturated rings. The Morgan fingerprint density at radius 3 is 2.75 bits per heavy atom. The van der Waals surface area contributed by atoms with Gasteiger partial charge in [0.1, 0.15) is 5.75 Å². The van der Waals surface area contributed by atoms with Gasteiger partial charge in [-0.25, -0.2) is 0 Å². The maximum absolute atomic E-state index is 10.4. The van der Waals surface area contributed by atoms with Crippen LogP contribution in [0.3, 0.4) is 0 Å². The summed E-state index contributed by atoms with van der Waals surface area (Å²) in [5, 5.41) is 8.57. The Morgan fingerprint density at radius 2 is 2.12 bits per heavy atom. The average Bonchev–Trinajstić information content (AvgIpc) is 2.20. The molecule has 0 spiro atoms. The van der Waals surface area contributed by atoms with E-state index < -0.39 is 5.97 Å². The van der Waals surface area contributed by atoms with Gasteiger partial charge in [0.25, 0.3) is 0 Å². The van der Waals surface area contributed by atoms with Crippen LogP contribution in [-0.4, -0.2) is 17.2 Å². The van der Waals surface area contributed by atoms with Gasteiger partial charge in [-0.1, -0.05) is 12.1 Å². The summed E-state index contributed by atoms with van der Waals surface area (Å²) < 4.78 is 5.71. The third-order valence-electron chi connectivity index (χ3n) is 2.44. The molecule has 0 aliphatic heterocycles. The Kier molecular flexibility index (Phi) is 4.35. The molecule has 88 valence electrons. The van der Waals surface area contributed by atoms with Crippen LogP contribution in [0, 0.1) is 13.8 Å². The Hall–Kier alpha value is -1.51. The molecule has 1 unspecified atom stereocenters. The third kappa shape index (κ3) is 3.93. The van der Waals surface area contributed by atoms with Crippen LogP contribution in [0.25, 0.3) is 0 Å². The zero-order chi connectivity index (χ0) is 12.1. The number of benzene rings is 1. The summed E-state index contributed by atoms with van der Waals surface area (Å²) >= 11 is 0. The fraction of sp³-hybridized carbons (Fsp3) is 0.462. The monoisotopic (exact) mass is 222 g/mol. The summed E-state index contributed by atoms with van der Waals surface area (Å²) in [5.74, 6) is 0.0642. The van der Waals surface area contributed by atoms with Crippen LogP contribution >= 0.6 is 0 Å². The number of carboxylic acid groups (broad SMARTS) is 1. The molecule has 3 nitrogen and oxygen atoms in total. The summed E-state index contributed by atoms with van der Waals surface area (Å²) in [5.41, 5.74) is 2.22. The number of aliphatic carboxylic acids is 1. The molecule has 16 heavy (non-hydrogen) atoms. The normalized spacial score (nSPS) is 12.2. The second-order valence-corrected chi connectivity index (χ2v) is 4.13. The van der Waals surface area contributed by atoms with Gasteiger partial charge in [0.2, 0.25) is 0 Å². The summed E-state index contributed by atoms with van der Waals surface area (Å²) in [6.45, 7) is 5.89. The predicted octanol–water partition coefficient (Wildman–Crippen LogP) is 2.94. The van der Waals surface area contributed by atoms with Crippen molar-refractivity contribution in [1.29, 1.82) is 0 Å². The van der Waals surface area contributed by atoms with E-state index in [0.717, 1.165) is 16.9 Å². The van der Waals surface area contributed by atoms with Gasteiger partial charge in [0, 0.05) is 6.42 Å². The summed E-state index contributed by atoms with van der Waals surface area (Å²) in [4.78, 5) is 10.4. The van der Waals surface area contributed by atoms with Crippen LogP contribution in [0.2, 0.25) is 0 Å². The van der Waals surface area contributed by atoms with Crippen molar-refractivity contribution < 1.29 is 14.6 Å². The quantitative estimate of drug-likeness (QED) is 0.833. The van der Waals surface area contributed by atoms with Crippen LogP contribution in [0.4, 0.5) is 0 Å². The second-order valence-electron chi connectivity index (χ2n) is 4.13. The number of hydrogen-bond donors (Lipinski definition) is 1. The SMILES string of the molecule is Cc1ccc(C)c(OC(C)CCC(=O)O)c1. The Bertz CT molecular complexity index is 371. The smallest absolute Gasteiger partial charge is 0.303 e. The number of carboxylic acids is 1. The fourth-order valence-electron chi connectivity index (χ4n) is 1.44. The van der Waals surface area contributed by atoms with Gasteiger partial charge in [-0.15, -0.1) is 0 Å². The molecular formula is C13H18O3. The molecule has 0 radical (unpaired) electrons. The molecule has 0 aromatic heterocycles. The second kappa shape index (κ2) is 5.54. The average molecular weight is 222 g/mol. The van der Waals surface area contributed by atoms with Crippen molar-refractivity contribution in [3.05, 3.63) is 29.3 Å². The molecule has 0 heterocycles. The topological polar surface area (TPSA) is 46.5 Å². The van der Waals surface area contributed by atoms with E-state index in [4.69, 9.17) is 9.84 Å². The maximum Gasteiger partial charge on any atom is 0.303 e. The highest BCUT2D eigenvalue weighted by atomic mass is 16.5. The molecule has 0 saturated carbocycles. The van der Waals surface area contributed by atoms with Gasteiger partial charge in [0.15, 0.2) is 0 Å². The number of aryl methyl sites for hydroxylation is 2. The van der Waals surface area contributed by atoms with E-state index in [9.17, 15) is 4.79 Å². The first-order chi connectivity index (χ1) is 7.49. The highest BCUT2D eigenvalue weighted by Crippen LogP contribution is 2.21. The largest absolute Gasteiger partial charge is 0.490 e. The minimum Gasteiger partial charge on any atom is -0.490 e. The van der Waals surface area contributed by atoms with Crippen LogP contribution in [0.15, 0.2) is 18.2 Å². The van der Waals surface area contributed by atoms with Crippen LogP contribution in [-0.2, 0) is 4.79 Å². The molecule has 3 heteroatoms. The molecule has 1 aromatic carbocycles. The molecule has 0 aliphatic rings. The molecule has 1 rings (SSSR count). The Labute approximate surface area is 96.1 Å². The van der Waals surface area contributed by atoms with E-state index in [1.54, 1.807) is 0 Å². The lowest BCUT2D eigenvalue weighted by atomic mass is 10.1. The van der Waals surface area contributed by atoms with E-state index in [1.165, 1.54) is 0 Å².